The number of para-hydroxylation sites is 1. The first-order valence-corrected chi connectivity index (χ1v) is 10.3. The summed E-state index contributed by atoms with van der Waals surface area (Å²) < 4.78 is 2.01. The number of carbonyl (C=O) groups is 2. The van der Waals surface area contributed by atoms with Crippen LogP contribution in [-0.4, -0.2) is 27.2 Å². The Morgan fingerprint density at radius 3 is 2.88 bits per heavy atom. The normalized spacial score (nSPS) is 16.7. The van der Waals surface area contributed by atoms with Gasteiger partial charge in [-0.3, -0.25) is 9.59 Å². The Morgan fingerprint density at radius 1 is 1.27 bits per heavy atom. The van der Waals surface area contributed by atoms with Crippen LogP contribution in [0.4, 0.5) is 5.69 Å². The lowest BCUT2D eigenvalue weighted by Crippen LogP contribution is -2.41. The van der Waals surface area contributed by atoms with E-state index >= 15 is 0 Å². The molecule has 1 amide bonds. The number of halogens is 1. The third-order valence-corrected chi connectivity index (χ3v) is 6.78. The second-order valence-corrected chi connectivity index (χ2v) is 9.09. The highest BCUT2D eigenvalue weighted by Gasteiger charge is 2.35. The van der Waals surface area contributed by atoms with Crippen LogP contribution in [0.5, 0.6) is 0 Å². The number of thiazole rings is 1. The van der Waals surface area contributed by atoms with Crippen LogP contribution in [0.15, 0.2) is 51.8 Å². The van der Waals surface area contributed by atoms with E-state index in [-0.39, 0.29) is 12.3 Å². The van der Waals surface area contributed by atoms with Crippen LogP contribution in [0, 0.1) is 0 Å². The zero-order valence-electron chi connectivity index (χ0n) is 13.4. The van der Waals surface area contributed by atoms with Gasteiger partial charge in [0.05, 0.1) is 34.1 Å². The molecule has 0 radical (unpaired) electrons. The van der Waals surface area contributed by atoms with E-state index in [1.165, 1.54) is 11.8 Å². The Kier molecular flexibility index (Phi) is 4.73. The zero-order valence-corrected chi connectivity index (χ0v) is 16.6. The molecule has 0 saturated carbocycles. The van der Waals surface area contributed by atoms with E-state index in [2.05, 4.69) is 20.9 Å². The molecule has 2 heterocycles. The van der Waals surface area contributed by atoms with Crippen molar-refractivity contribution in [3.05, 3.63) is 51.9 Å². The van der Waals surface area contributed by atoms with E-state index in [1.807, 2.05) is 42.5 Å². The summed E-state index contributed by atoms with van der Waals surface area (Å²) in [5.41, 5.74) is 1.69. The van der Waals surface area contributed by atoms with Gasteiger partial charge in [-0.1, -0.05) is 28.1 Å². The fourth-order valence-corrected chi connectivity index (χ4v) is 5.38. The molecule has 1 N–H and O–H groups in total. The summed E-state index contributed by atoms with van der Waals surface area (Å²) in [6, 6.07) is 13.5. The average Bonchev–Trinajstić information content (AvgIpc) is 2.99. The number of aliphatic carboxylic acids is 1. The third-order valence-electron chi connectivity index (χ3n) is 4.01. The molecule has 4 rings (SSSR count). The van der Waals surface area contributed by atoms with Gasteiger partial charge in [-0.25, -0.2) is 4.98 Å². The van der Waals surface area contributed by atoms with E-state index in [0.29, 0.717) is 6.54 Å². The van der Waals surface area contributed by atoms with Crippen LogP contribution in [-0.2, 0) is 16.1 Å². The molecule has 0 saturated heterocycles. The van der Waals surface area contributed by atoms with Gasteiger partial charge < -0.3 is 10.0 Å². The number of hydrogen-bond acceptors (Lipinski definition) is 5. The smallest absolute Gasteiger partial charge is 0.305 e. The number of anilines is 1. The van der Waals surface area contributed by atoms with Gasteiger partial charge in [-0.15, -0.1) is 23.1 Å². The fraction of sp³-hybridized carbons (Fsp3) is 0.167. The zero-order chi connectivity index (χ0) is 18.3. The number of thioether (sulfide) groups is 1. The van der Waals surface area contributed by atoms with Crippen molar-refractivity contribution in [1.82, 2.24) is 4.98 Å². The highest BCUT2D eigenvalue weighted by molar-refractivity contribution is 9.10. The predicted molar refractivity (Wildman–Crippen MR) is 107 cm³/mol. The number of benzene rings is 2. The van der Waals surface area contributed by atoms with Crippen molar-refractivity contribution in [2.45, 2.75) is 23.1 Å². The van der Waals surface area contributed by atoms with Crippen LogP contribution in [0.3, 0.4) is 0 Å². The Labute approximate surface area is 166 Å². The lowest BCUT2D eigenvalue weighted by molar-refractivity contribution is -0.138. The molecular formula is C18H13BrN2O3S2. The molecule has 8 heteroatoms. The van der Waals surface area contributed by atoms with Crippen molar-refractivity contribution in [3.63, 3.8) is 0 Å². The molecule has 0 bridgehead atoms. The molecule has 132 valence electrons. The summed E-state index contributed by atoms with van der Waals surface area (Å²) in [6.45, 7) is 0.337. The molecule has 0 spiro atoms. The number of carboxylic acid groups (broad SMARTS) is 1. The van der Waals surface area contributed by atoms with Gasteiger partial charge in [0.15, 0.2) is 0 Å². The van der Waals surface area contributed by atoms with Crippen LogP contribution >= 0.6 is 39.0 Å². The van der Waals surface area contributed by atoms with E-state index in [0.717, 1.165) is 30.3 Å². The second-order valence-electron chi connectivity index (χ2n) is 5.82. The van der Waals surface area contributed by atoms with Crippen molar-refractivity contribution in [3.8, 4) is 0 Å². The number of carbonyl (C=O) groups excluding carboxylic acids is 1. The number of rotatable bonds is 4. The highest BCUT2D eigenvalue weighted by atomic mass is 79.9. The molecule has 1 atom stereocenters. The Balaban J connectivity index is 1.70. The minimum absolute atomic E-state index is 0.184. The molecule has 1 aromatic heterocycles. The summed E-state index contributed by atoms with van der Waals surface area (Å²) in [5.74, 6) is -1.16. The average molecular weight is 449 g/mol. The number of amides is 1. The van der Waals surface area contributed by atoms with Crippen molar-refractivity contribution >= 4 is 66.8 Å². The maximum absolute atomic E-state index is 12.9. The molecule has 1 aliphatic heterocycles. The van der Waals surface area contributed by atoms with Crippen molar-refractivity contribution in [2.24, 2.45) is 0 Å². The topological polar surface area (TPSA) is 70.5 Å². The molecule has 2 aromatic carbocycles. The predicted octanol–water partition coefficient (Wildman–Crippen LogP) is 4.54. The largest absolute Gasteiger partial charge is 0.481 e. The minimum atomic E-state index is -0.972. The van der Waals surface area contributed by atoms with Gasteiger partial charge in [0.1, 0.15) is 5.01 Å². The maximum atomic E-state index is 12.9. The lowest BCUT2D eigenvalue weighted by Gasteiger charge is -2.32. The van der Waals surface area contributed by atoms with Gasteiger partial charge >= 0.3 is 5.97 Å². The number of hydrogen-bond donors (Lipinski definition) is 1. The first kappa shape index (κ1) is 17.5. The second kappa shape index (κ2) is 7.02. The fourth-order valence-electron chi connectivity index (χ4n) is 2.88. The van der Waals surface area contributed by atoms with Gasteiger partial charge in [0.2, 0.25) is 5.91 Å². The van der Waals surface area contributed by atoms with Crippen LogP contribution < -0.4 is 4.90 Å². The summed E-state index contributed by atoms with van der Waals surface area (Å²) in [7, 11) is 0. The monoisotopic (exact) mass is 448 g/mol. The number of carboxylic acids is 1. The first-order valence-electron chi connectivity index (χ1n) is 7.85. The molecule has 1 unspecified atom stereocenters. The summed E-state index contributed by atoms with van der Waals surface area (Å²) in [4.78, 5) is 31.3. The molecule has 3 aromatic rings. The van der Waals surface area contributed by atoms with Gasteiger partial charge in [0, 0.05) is 9.37 Å². The number of fused-ring (bicyclic) bond motifs is 2. The van der Waals surface area contributed by atoms with Crippen LogP contribution in [0.1, 0.15) is 11.4 Å². The van der Waals surface area contributed by atoms with E-state index < -0.39 is 11.2 Å². The Bertz CT molecular complexity index is 1020. The van der Waals surface area contributed by atoms with Crippen LogP contribution in [0.25, 0.3) is 10.2 Å². The first-order chi connectivity index (χ1) is 12.5. The van der Waals surface area contributed by atoms with Crippen LogP contribution in [0.2, 0.25) is 0 Å². The molecular weight excluding hydrogens is 436 g/mol. The van der Waals surface area contributed by atoms with E-state index in [1.54, 1.807) is 16.2 Å². The Hall–Kier alpha value is -1.90. The Morgan fingerprint density at radius 2 is 2.08 bits per heavy atom. The molecule has 0 aliphatic carbocycles. The number of aromatic nitrogens is 1. The molecule has 0 fully saturated rings. The van der Waals surface area contributed by atoms with E-state index in [4.69, 9.17) is 5.11 Å². The van der Waals surface area contributed by atoms with E-state index in [9.17, 15) is 9.59 Å². The standard InChI is InChI=1S/C18H13BrN2O3S2/c19-10-5-6-13-11(7-10)20-16(26-13)9-21-12-3-1-2-4-14(12)25-15(18(21)24)8-17(22)23/h1-7,15H,8-9H2,(H,22,23). The van der Waals surface area contributed by atoms with Crippen molar-refractivity contribution < 1.29 is 14.7 Å². The minimum Gasteiger partial charge on any atom is -0.481 e. The lowest BCUT2D eigenvalue weighted by atomic mass is 10.2. The SMILES string of the molecule is O=C(O)CC1Sc2ccccc2N(Cc2nc3cc(Br)ccc3s2)C1=O. The summed E-state index contributed by atoms with van der Waals surface area (Å²) >= 11 is 6.31. The van der Waals surface area contributed by atoms with Crippen molar-refractivity contribution in [1.29, 1.82) is 0 Å². The van der Waals surface area contributed by atoms with Crippen molar-refractivity contribution in [2.75, 3.05) is 4.90 Å². The number of nitrogens with zero attached hydrogens (tertiary/aromatic N) is 2. The molecule has 26 heavy (non-hydrogen) atoms. The quantitative estimate of drug-likeness (QED) is 0.634. The molecule has 5 nitrogen and oxygen atoms in total. The maximum Gasteiger partial charge on any atom is 0.305 e. The summed E-state index contributed by atoms with van der Waals surface area (Å²) in [5, 5.41) is 9.33. The molecule has 1 aliphatic rings. The third kappa shape index (κ3) is 3.36. The van der Waals surface area contributed by atoms with Gasteiger partial charge in [-0.2, -0.15) is 0 Å². The summed E-state index contributed by atoms with van der Waals surface area (Å²) in [6.07, 6.45) is -0.193. The van der Waals surface area contributed by atoms with Gasteiger partial charge in [0.25, 0.3) is 0 Å². The highest BCUT2D eigenvalue weighted by Crippen LogP contribution is 2.41. The van der Waals surface area contributed by atoms with Gasteiger partial charge in [-0.05, 0) is 30.3 Å².